The van der Waals surface area contributed by atoms with Crippen molar-refractivity contribution in [3.05, 3.63) is 59.2 Å². The van der Waals surface area contributed by atoms with E-state index in [4.69, 9.17) is 29.4 Å². The first-order chi connectivity index (χ1) is 20.9. The van der Waals surface area contributed by atoms with Crippen LogP contribution in [0.4, 0.5) is 18.9 Å². The molecule has 0 saturated carbocycles. The number of alkyl halides is 3. The maximum absolute atomic E-state index is 12.7. The van der Waals surface area contributed by atoms with Gasteiger partial charge in [0.15, 0.2) is 18.3 Å². The minimum atomic E-state index is -5.85. The summed E-state index contributed by atoms with van der Waals surface area (Å²) in [5.41, 5.74) is 2.18. The number of ether oxygens (including phenoxy) is 5. The first-order valence-electron chi connectivity index (χ1n) is 13.2. The van der Waals surface area contributed by atoms with Gasteiger partial charge in [-0.1, -0.05) is 24.3 Å². The molecule has 5 atom stereocenters. The molecule has 3 rings (SSSR count). The summed E-state index contributed by atoms with van der Waals surface area (Å²) in [6, 6.07) is 9.37. The first-order valence-corrected chi connectivity index (χ1v) is 14.6. The molecule has 1 saturated heterocycles. The molecular weight excluding hydrogens is 631 g/mol. The third kappa shape index (κ3) is 9.31. The van der Waals surface area contributed by atoms with Gasteiger partial charge in [-0.05, 0) is 41.3 Å². The smallest absolute Gasteiger partial charge is 0.463 e. The molecule has 2 aromatic rings. The van der Waals surface area contributed by atoms with Crippen molar-refractivity contribution in [2.24, 2.45) is 0 Å². The van der Waals surface area contributed by atoms with Crippen molar-refractivity contribution in [2.45, 2.75) is 70.1 Å². The molecule has 246 valence electrons. The van der Waals surface area contributed by atoms with Crippen LogP contribution in [0, 0.1) is 0 Å². The van der Waals surface area contributed by atoms with Gasteiger partial charge in [0.05, 0.1) is 0 Å². The minimum Gasteiger partial charge on any atom is -0.463 e. The molecule has 1 heterocycles. The van der Waals surface area contributed by atoms with Crippen LogP contribution in [-0.4, -0.2) is 68.8 Å². The zero-order valence-electron chi connectivity index (χ0n) is 24.4. The number of nitrogen functional groups attached to an aromatic ring is 1. The fourth-order valence-electron chi connectivity index (χ4n) is 4.51. The fraction of sp³-hybridized carbons (Fsp3) is 0.429. The van der Waals surface area contributed by atoms with Crippen molar-refractivity contribution in [2.75, 3.05) is 12.3 Å². The predicted molar refractivity (Wildman–Crippen MR) is 147 cm³/mol. The van der Waals surface area contributed by atoms with Gasteiger partial charge in [0.1, 0.15) is 24.6 Å². The molecule has 0 spiro atoms. The Morgan fingerprint density at radius 1 is 0.822 bits per heavy atom. The van der Waals surface area contributed by atoms with Gasteiger partial charge in [-0.15, -0.1) is 0 Å². The number of hydrogen-bond acceptors (Lipinski definition) is 13. The zero-order chi connectivity index (χ0) is 33.7. The summed E-state index contributed by atoms with van der Waals surface area (Å²) in [7, 11) is -5.85. The van der Waals surface area contributed by atoms with Crippen LogP contribution in [0.5, 0.6) is 5.75 Å². The number of benzene rings is 2. The number of carbonyl (C=O) groups excluding carboxylic acids is 4. The average molecular weight is 662 g/mol. The molecule has 1 aliphatic rings. The van der Waals surface area contributed by atoms with Crippen LogP contribution < -0.4 is 9.92 Å². The Hall–Kier alpha value is -4.38. The number of esters is 4. The Labute approximate surface area is 255 Å². The van der Waals surface area contributed by atoms with Crippen molar-refractivity contribution in [3.8, 4) is 5.75 Å². The number of hydrogen-bond donors (Lipinski definition) is 1. The monoisotopic (exact) mass is 661 g/mol. The number of halogens is 3. The van der Waals surface area contributed by atoms with Gasteiger partial charge in [0, 0.05) is 33.4 Å². The summed E-state index contributed by atoms with van der Waals surface area (Å²) in [5, 5.41) is 0. The van der Waals surface area contributed by atoms with Gasteiger partial charge in [0.25, 0.3) is 0 Å². The molecule has 17 heteroatoms. The van der Waals surface area contributed by atoms with Gasteiger partial charge in [-0.3, -0.25) is 19.2 Å². The summed E-state index contributed by atoms with van der Waals surface area (Å²) >= 11 is 0. The Morgan fingerprint density at radius 3 is 1.91 bits per heavy atom. The summed E-state index contributed by atoms with van der Waals surface area (Å²) in [5.74, 6) is -3.60. The molecule has 0 radical (unpaired) electrons. The van der Waals surface area contributed by atoms with Crippen LogP contribution in [-0.2, 0) is 59.4 Å². The molecule has 13 nitrogen and oxygen atoms in total. The third-order valence-electron chi connectivity index (χ3n) is 6.29. The van der Waals surface area contributed by atoms with Gasteiger partial charge in [-0.2, -0.15) is 21.6 Å². The minimum absolute atomic E-state index is 0.0945. The zero-order valence-corrected chi connectivity index (χ0v) is 25.2. The lowest BCUT2D eigenvalue weighted by molar-refractivity contribution is -0.254. The van der Waals surface area contributed by atoms with Gasteiger partial charge >= 0.3 is 39.5 Å². The topological polar surface area (TPSA) is 184 Å². The maximum atomic E-state index is 12.7. The largest absolute Gasteiger partial charge is 0.534 e. The van der Waals surface area contributed by atoms with E-state index >= 15 is 0 Å². The Kier molecular flexibility index (Phi) is 11.0. The summed E-state index contributed by atoms with van der Waals surface area (Å²) < 4.78 is 92.3. The van der Waals surface area contributed by atoms with E-state index in [1.165, 1.54) is 18.2 Å². The highest BCUT2D eigenvalue weighted by Gasteiger charge is 2.52. The molecule has 0 aliphatic carbocycles. The third-order valence-corrected chi connectivity index (χ3v) is 7.27. The predicted octanol–water partition coefficient (Wildman–Crippen LogP) is 2.89. The van der Waals surface area contributed by atoms with Crippen LogP contribution in [0.1, 0.15) is 50.5 Å². The fourth-order valence-corrected chi connectivity index (χ4v) is 4.97. The SMILES string of the molecule is CC(=O)OC[C@H]1O[C@@H](c2ccc(N)c(Cc3ccc(OS(=O)(=O)C(F)(F)F)cc3)c2)[C@H](OC(C)=O)[C@@H](OC(C)=O)[C@@H]1OC(C)=O. The van der Waals surface area contributed by atoms with E-state index in [1.54, 1.807) is 12.1 Å². The van der Waals surface area contributed by atoms with Gasteiger partial charge < -0.3 is 33.6 Å². The van der Waals surface area contributed by atoms with E-state index in [0.29, 0.717) is 16.7 Å². The summed E-state index contributed by atoms with van der Waals surface area (Å²) in [6.45, 7) is 4.02. The summed E-state index contributed by atoms with van der Waals surface area (Å²) in [6.07, 6.45) is -6.35. The highest BCUT2D eigenvalue weighted by Crippen LogP contribution is 2.39. The van der Waals surface area contributed by atoms with Crippen LogP contribution in [0.15, 0.2) is 42.5 Å². The van der Waals surface area contributed by atoms with E-state index in [0.717, 1.165) is 39.8 Å². The lowest BCUT2D eigenvalue weighted by Crippen LogP contribution is -2.59. The highest BCUT2D eigenvalue weighted by atomic mass is 32.2. The van der Waals surface area contributed by atoms with Crippen molar-refractivity contribution in [1.29, 1.82) is 0 Å². The molecule has 0 amide bonds. The normalized spacial score (nSPS) is 21.7. The van der Waals surface area contributed by atoms with E-state index < -0.39 is 82.4 Å². The standard InChI is InChI=1S/C28H30F3NO12S/c1-14(33)39-13-23-25(40-15(2)34)27(42-17(4)36)26(41-16(3)35)24(43-23)19-7-10-22(32)20(12-19)11-18-5-8-21(9-6-18)44-45(37,38)28(29,30)31/h5-10,12,23-27H,11,13,32H2,1-4H3/t23-,24+,25-,26+,27+/m1/s1. The van der Waals surface area contributed by atoms with Crippen molar-refractivity contribution in [1.82, 2.24) is 0 Å². The molecule has 0 unspecified atom stereocenters. The van der Waals surface area contributed by atoms with Crippen LogP contribution in [0.2, 0.25) is 0 Å². The molecule has 2 aromatic carbocycles. The van der Waals surface area contributed by atoms with Gasteiger partial charge in [0.2, 0.25) is 0 Å². The second kappa shape index (κ2) is 14.2. The van der Waals surface area contributed by atoms with Crippen LogP contribution in [0.3, 0.4) is 0 Å². The second-order valence-electron chi connectivity index (χ2n) is 9.88. The lowest BCUT2D eigenvalue weighted by atomic mass is 9.89. The molecule has 45 heavy (non-hydrogen) atoms. The van der Waals surface area contributed by atoms with Crippen LogP contribution in [0.25, 0.3) is 0 Å². The molecule has 0 bridgehead atoms. The molecule has 0 aromatic heterocycles. The number of carbonyl (C=O) groups is 4. The Bertz CT molecular complexity index is 1530. The highest BCUT2D eigenvalue weighted by molar-refractivity contribution is 7.88. The summed E-state index contributed by atoms with van der Waals surface area (Å²) in [4.78, 5) is 47.8. The van der Waals surface area contributed by atoms with E-state index in [2.05, 4.69) is 4.18 Å². The van der Waals surface area contributed by atoms with E-state index in [9.17, 15) is 40.8 Å². The quantitative estimate of drug-likeness (QED) is 0.129. The second-order valence-corrected chi connectivity index (χ2v) is 11.4. The first kappa shape index (κ1) is 35.1. The molecule has 2 N–H and O–H groups in total. The van der Waals surface area contributed by atoms with Crippen molar-refractivity contribution in [3.63, 3.8) is 0 Å². The van der Waals surface area contributed by atoms with Crippen molar-refractivity contribution >= 4 is 39.7 Å². The van der Waals surface area contributed by atoms with E-state index in [1.807, 2.05) is 0 Å². The number of anilines is 1. The number of rotatable bonds is 10. The Balaban J connectivity index is 1.99. The van der Waals surface area contributed by atoms with Gasteiger partial charge in [-0.25, -0.2) is 0 Å². The average Bonchev–Trinajstić information content (AvgIpc) is 2.90. The lowest BCUT2D eigenvalue weighted by Gasteiger charge is -2.44. The molecular formula is C28H30F3NO12S. The van der Waals surface area contributed by atoms with Crippen LogP contribution >= 0.6 is 0 Å². The Morgan fingerprint density at radius 2 is 1.38 bits per heavy atom. The van der Waals surface area contributed by atoms with E-state index in [-0.39, 0.29) is 12.1 Å². The number of nitrogens with two attached hydrogens (primary N) is 1. The molecule has 1 aliphatic heterocycles. The van der Waals surface area contributed by atoms with Crippen molar-refractivity contribution < 1.29 is 68.6 Å². The maximum Gasteiger partial charge on any atom is 0.534 e. The molecule has 1 fully saturated rings.